The van der Waals surface area contributed by atoms with Gasteiger partial charge in [-0.25, -0.2) is 4.79 Å². The quantitative estimate of drug-likeness (QED) is 0.658. The lowest BCUT2D eigenvalue weighted by Gasteiger charge is -2.31. The van der Waals surface area contributed by atoms with Gasteiger partial charge in [0.25, 0.3) is 0 Å². The second-order valence-electron chi connectivity index (χ2n) is 6.75. The first kappa shape index (κ1) is 16.9. The van der Waals surface area contributed by atoms with Crippen LogP contribution in [-0.4, -0.2) is 44.8 Å². The number of aromatic nitrogens is 4. The van der Waals surface area contributed by atoms with Gasteiger partial charge in [0.1, 0.15) is 11.7 Å². The minimum absolute atomic E-state index is 0.215. The van der Waals surface area contributed by atoms with Crippen molar-refractivity contribution < 1.29 is 9.15 Å². The molecule has 2 aromatic heterocycles. The average Bonchev–Trinajstić information content (AvgIpc) is 3.03. The van der Waals surface area contributed by atoms with Crippen molar-refractivity contribution in [2.45, 2.75) is 26.5 Å². The predicted octanol–water partition coefficient (Wildman–Crippen LogP) is 1.51. The van der Waals surface area contributed by atoms with Crippen LogP contribution in [0.5, 0.6) is 0 Å². The maximum Gasteiger partial charge on any atom is 0.336 e. The van der Waals surface area contributed by atoms with Gasteiger partial charge in [0.05, 0.1) is 13.7 Å². The van der Waals surface area contributed by atoms with Gasteiger partial charge < -0.3 is 9.15 Å². The van der Waals surface area contributed by atoms with Crippen molar-refractivity contribution in [2.24, 2.45) is 7.05 Å². The van der Waals surface area contributed by atoms with Gasteiger partial charge in [-0.1, -0.05) is 0 Å². The van der Waals surface area contributed by atoms with Crippen molar-refractivity contribution >= 4 is 11.0 Å². The van der Waals surface area contributed by atoms with E-state index in [-0.39, 0.29) is 11.7 Å². The highest BCUT2D eigenvalue weighted by atomic mass is 16.5. The molecule has 1 aromatic carbocycles. The number of fused-ring (bicyclic) bond motifs is 1. The van der Waals surface area contributed by atoms with Crippen LogP contribution < -0.4 is 5.63 Å². The highest BCUT2D eigenvalue weighted by Crippen LogP contribution is 2.25. The van der Waals surface area contributed by atoms with Gasteiger partial charge in [0, 0.05) is 31.1 Å². The lowest BCUT2D eigenvalue weighted by atomic mass is 10.0. The maximum atomic E-state index is 12.0. The zero-order chi connectivity index (χ0) is 18.3. The van der Waals surface area contributed by atoms with Gasteiger partial charge in [-0.15, -0.1) is 10.2 Å². The Hall–Kier alpha value is -2.58. The van der Waals surface area contributed by atoms with Gasteiger partial charge in [-0.05, 0) is 47.9 Å². The van der Waals surface area contributed by atoms with E-state index in [1.807, 2.05) is 13.0 Å². The summed E-state index contributed by atoms with van der Waals surface area (Å²) in [6.45, 7) is 6.74. The fraction of sp³-hybridized carbons (Fsp3) is 0.444. The molecule has 1 atom stereocenters. The molecule has 0 radical (unpaired) electrons. The summed E-state index contributed by atoms with van der Waals surface area (Å²) in [5, 5.41) is 13.1. The molecule has 3 aromatic rings. The molecule has 3 heterocycles. The van der Waals surface area contributed by atoms with Gasteiger partial charge >= 0.3 is 5.63 Å². The lowest BCUT2D eigenvalue weighted by Crippen LogP contribution is -2.38. The predicted molar refractivity (Wildman–Crippen MR) is 94.7 cm³/mol. The lowest BCUT2D eigenvalue weighted by molar-refractivity contribution is -0.0372. The van der Waals surface area contributed by atoms with E-state index < -0.39 is 0 Å². The van der Waals surface area contributed by atoms with E-state index in [2.05, 4.69) is 33.3 Å². The Morgan fingerprint density at radius 2 is 2.04 bits per heavy atom. The van der Waals surface area contributed by atoms with Crippen molar-refractivity contribution in [3.8, 4) is 0 Å². The maximum absolute atomic E-state index is 12.0. The molecule has 8 nitrogen and oxygen atoms in total. The number of hydrogen-bond donors (Lipinski definition) is 0. The molecule has 0 saturated carbocycles. The summed E-state index contributed by atoms with van der Waals surface area (Å²) in [7, 11) is 1.73. The molecule has 1 fully saturated rings. The minimum atomic E-state index is -0.323. The Morgan fingerprint density at radius 1 is 1.23 bits per heavy atom. The molecule has 4 rings (SSSR count). The molecule has 1 saturated heterocycles. The first-order valence-electron chi connectivity index (χ1n) is 8.61. The van der Waals surface area contributed by atoms with Gasteiger partial charge in [0.2, 0.25) is 5.82 Å². The number of benzene rings is 1. The SMILES string of the molecule is Cc1cc2oc(=O)cc(CN3CCOC(c4nnn(C)n4)C3)c2cc1C. The minimum Gasteiger partial charge on any atom is -0.423 e. The third-order valence-corrected chi connectivity index (χ3v) is 4.80. The molecule has 0 spiro atoms. The number of tetrazole rings is 1. The molecule has 0 aliphatic carbocycles. The largest absolute Gasteiger partial charge is 0.423 e. The molecular weight excluding hydrogens is 334 g/mol. The summed E-state index contributed by atoms with van der Waals surface area (Å²) < 4.78 is 11.2. The van der Waals surface area contributed by atoms with Crippen LogP contribution in [0.15, 0.2) is 27.4 Å². The number of aryl methyl sites for hydroxylation is 3. The van der Waals surface area contributed by atoms with Crippen LogP contribution in [0.4, 0.5) is 0 Å². The summed E-state index contributed by atoms with van der Waals surface area (Å²) in [5.41, 5.74) is 3.56. The van der Waals surface area contributed by atoms with Crippen LogP contribution in [0, 0.1) is 13.8 Å². The Balaban J connectivity index is 1.62. The molecule has 0 N–H and O–H groups in total. The highest BCUT2D eigenvalue weighted by Gasteiger charge is 2.26. The molecule has 0 amide bonds. The second-order valence-corrected chi connectivity index (χ2v) is 6.75. The van der Waals surface area contributed by atoms with E-state index in [0.29, 0.717) is 31.1 Å². The van der Waals surface area contributed by atoms with E-state index in [1.165, 1.54) is 10.4 Å². The number of morpholine rings is 1. The number of rotatable bonds is 3. The van der Waals surface area contributed by atoms with Gasteiger partial charge in [-0.3, -0.25) is 4.90 Å². The molecule has 1 aliphatic rings. The monoisotopic (exact) mass is 355 g/mol. The summed E-state index contributed by atoms with van der Waals surface area (Å²) in [6, 6.07) is 5.61. The molecule has 26 heavy (non-hydrogen) atoms. The number of ether oxygens (including phenoxy) is 1. The van der Waals surface area contributed by atoms with Crippen LogP contribution in [0.25, 0.3) is 11.0 Å². The summed E-state index contributed by atoms with van der Waals surface area (Å²) in [5.74, 6) is 0.584. The van der Waals surface area contributed by atoms with Gasteiger partial charge in [-0.2, -0.15) is 4.80 Å². The van der Waals surface area contributed by atoms with E-state index in [4.69, 9.17) is 9.15 Å². The van der Waals surface area contributed by atoms with E-state index in [9.17, 15) is 4.79 Å². The van der Waals surface area contributed by atoms with Crippen molar-refractivity contribution in [1.82, 2.24) is 25.1 Å². The van der Waals surface area contributed by atoms with E-state index >= 15 is 0 Å². The van der Waals surface area contributed by atoms with Crippen LogP contribution in [-0.2, 0) is 18.3 Å². The normalized spacial score (nSPS) is 18.5. The summed E-state index contributed by atoms with van der Waals surface area (Å²) >= 11 is 0. The van der Waals surface area contributed by atoms with Crippen molar-refractivity contribution in [3.63, 3.8) is 0 Å². The molecule has 1 unspecified atom stereocenters. The number of hydrogen-bond acceptors (Lipinski definition) is 7. The molecule has 0 bridgehead atoms. The molecule has 8 heteroatoms. The van der Waals surface area contributed by atoms with Gasteiger partial charge in [0.15, 0.2) is 0 Å². The zero-order valence-corrected chi connectivity index (χ0v) is 15.1. The number of nitrogens with zero attached hydrogens (tertiary/aromatic N) is 5. The third-order valence-electron chi connectivity index (χ3n) is 4.80. The Morgan fingerprint density at radius 3 is 2.81 bits per heavy atom. The third kappa shape index (κ3) is 3.25. The van der Waals surface area contributed by atoms with Crippen molar-refractivity contribution in [2.75, 3.05) is 19.7 Å². The van der Waals surface area contributed by atoms with Crippen molar-refractivity contribution in [3.05, 3.63) is 51.1 Å². The molecular formula is C18H21N5O3. The van der Waals surface area contributed by atoms with Crippen LogP contribution in [0.2, 0.25) is 0 Å². The summed E-state index contributed by atoms with van der Waals surface area (Å²) in [4.78, 5) is 15.7. The van der Waals surface area contributed by atoms with E-state index in [0.717, 1.165) is 23.1 Å². The Kier molecular flexibility index (Phi) is 4.29. The molecule has 136 valence electrons. The zero-order valence-electron chi connectivity index (χ0n) is 15.1. The fourth-order valence-corrected chi connectivity index (χ4v) is 3.28. The highest BCUT2D eigenvalue weighted by molar-refractivity contribution is 5.81. The fourth-order valence-electron chi connectivity index (χ4n) is 3.28. The topological polar surface area (TPSA) is 86.3 Å². The first-order chi connectivity index (χ1) is 12.5. The first-order valence-corrected chi connectivity index (χ1v) is 8.61. The van der Waals surface area contributed by atoms with Crippen LogP contribution in [0.3, 0.4) is 0 Å². The molecule has 1 aliphatic heterocycles. The average molecular weight is 355 g/mol. The standard InChI is InChI=1S/C18H21N5O3/c1-11-6-14-13(8-17(24)26-15(14)7-12(11)2)9-23-4-5-25-16(10-23)18-19-21-22(3)20-18/h6-8,16H,4-5,9-10H2,1-3H3. The van der Waals surface area contributed by atoms with Crippen molar-refractivity contribution in [1.29, 1.82) is 0 Å². The van der Waals surface area contributed by atoms with Crippen LogP contribution in [0.1, 0.15) is 28.6 Å². The Labute approximate surface area is 150 Å². The van der Waals surface area contributed by atoms with E-state index in [1.54, 1.807) is 13.1 Å². The van der Waals surface area contributed by atoms with Crippen LogP contribution >= 0.6 is 0 Å². The summed E-state index contributed by atoms with van der Waals surface area (Å²) in [6.07, 6.45) is -0.215. The smallest absolute Gasteiger partial charge is 0.336 e. The second kappa shape index (κ2) is 6.62. The Bertz CT molecular complexity index is 1010.